The van der Waals surface area contributed by atoms with Crippen LogP contribution in [0, 0.1) is 0 Å². The van der Waals surface area contributed by atoms with Gasteiger partial charge in [-0.25, -0.2) is 8.42 Å². The summed E-state index contributed by atoms with van der Waals surface area (Å²) in [5.74, 6) is -1.02. The van der Waals surface area contributed by atoms with Gasteiger partial charge < -0.3 is 14.9 Å². The number of benzene rings is 1. The lowest BCUT2D eigenvalue weighted by Crippen LogP contribution is -2.43. The van der Waals surface area contributed by atoms with E-state index in [-0.39, 0.29) is 4.90 Å². The number of nitrogens with one attached hydrogen (secondary N) is 1. The Morgan fingerprint density at radius 3 is 2.58 bits per heavy atom. The molecule has 19 heavy (non-hydrogen) atoms. The number of carboxylic acids is 1. The van der Waals surface area contributed by atoms with Crippen molar-refractivity contribution in [2.24, 2.45) is 0 Å². The number of aliphatic hydroxyl groups is 1. The molecule has 106 valence electrons. The first-order chi connectivity index (χ1) is 8.81. The van der Waals surface area contributed by atoms with Crippen molar-refractivity contribution in [2.45, 2.75) is 10.9 Å². The Morgan fingerprint density at radius 2 is 2.16 bits per heavy atom. The fraction of sp³-hybridized carbons (Fsp3) is 0.300. The zero-order chi connectivity index (χ0) is 14.6. The topological polar surface area (TPSA) is 113 Å². The Balaban J connectivity index is 3.07. The Bertz CT molecular complexity index is 573. The SMILES string of the molecule is COc1ccc(S(=O)(=O)NC(CO)C(=O)O)cc1Br. The molecule has 1 unspecified atom stereocenters. The average Bonchev–Trinajstić information content (AvgIpc) is 2.35. The molecule has 0 aliphatic heterocycles. The first-order valence-corrected chi connectivity index (χ1v) is 7.29. The maximum Gasteiger partial charge on any atom is 0.324 e. The summed E-state index contributed by atoms with van der Waals surface area (Å²) in [6.07, 6.45) is 0. The molecule has 0 bridgehead atoms. The highest BCUT2D eigenvalue weighted by Crippen LogP contribution is 2.27. The second kappa shape index (κ2) is 6.33. The number of halogens is 1. The normalized spacial score (nSPS) is 13.0. The Hall–Kier alpha value is -1.16. The second-order valence-corrected chi connectivity index (χ2v) is 6.06. The molecule has 0 aromatic heterocycles. The van der Waals surface area contributed by atoms with Crippen LogP contribution in [0.3, 0.4) is 0 Å². The number of aliphatic hydroxyl groups excluding tert-OH is 1. The van der Waals surface area contributed by atoms with Crippen molar-refractivity contribution < 1.29 is 28.2 Å². The largest absolute Gasteiger partial charge is 0.496 e. The molecule has 1 rings (SSSR count). The smallest absolute Gasteiger partial charge is 0.324 e. The van der Waals surface area contributed by atoms with Crippen LogP contribution in [-0.4, -0.2) is 44.4 Å². The number of carbonyl (C=O) groups is 1. The van der Waals surface area contributed by atoms with Crippen LogP contribution in [0.5, 0.6) is 5.75 Å². The van der Waals surface area contributed by atoms with E-state index in [1.54, 1.807) is 0 Å². The van der Waals surface area contributed by atoms with Crippen molar-refractivity contribution in [3.8, 4) is 5.75 Å². The van der Waals surface area contributed by atoms with Gasteiger partial charge in [0.05, 0.1) is 23.1 Å². The molecule has 0 saturated heterocycles. The first-order valence-electron chi connectivity index (χ1n) is 5.01. The van der Waals surface area contributed by atoms with Crippen LogP contribution in [0.25, 0.3) is 0 Å². The molecule has 7 nitrogen and oxygen atoms in total. The molecule has 0 saturated carbocycles. The summed E-state index contributed by atoms with van der Waals surface area (Å²) in [5.41, 5.74) is 0. The van der Waals surface area contributed by atoms with E-state index in [0.29, 0.717) is 10.2 Å². The van der Waals surface area contributed by atoms with E-state index in [1.807, 2.05) is 4.72 Å². The van der Waals surface area contributed by atoms with Crippen molar-refractivity contribution in [3.63, 3.8) is 0 Å². The van der Waals surface area contributed by atoms with Gasteiger partial charge in [-0.05, 0) is 34.1 Å². The minimum Gasteiger partial charge on any atom is -0.496 e. The average molecular weight is 354 g/mol. The van der Waals surface area contributed by atoms with Gasteiger partial charge >= 0.3 is 5.97 Å². The number of hydrogen-bond acceptors (Lipinski definition) is 5. The minimum absolute atomic E-state index is 0.139. The predicted molar refractivity (Wildman–Crippen MR) is 69.5 cm³/mol. The van der Waals surface area contributed by atoms with E-state index in [1.165, 1.54) is 25.3 Å². The van der Waals surface area contributed by atoms with Crippen LogP contribution in [0.1, 0.15) is 0 Å². The summed E-state index contributed by atoms with van der Waals surface area (Å²) in [7, 11) is -2.61. The minimum atomic E-state index is -4.04. The molecule has 3 N–H and O–H groups in total. The number of aliphatic carboxylic acids is 1. The van der Waals surface area contributed by atoms with Crippen LogP contribution in [0.2, 0.25) is 0 Å². The molecule has 1 aromatic carbocycles. The molecule has 0 fully saturated rings. The zero-order valence-electron chi connectivity index (χ0n) is 9.83. The molecular formula is C10H12BrNO6S. The van der Waals surface area contributed by atoms with Gasteiger partial charge in [-0.1, -0.05) is 0 Å². The van der Waals surface area contributed by atoms with Crippen LogP contribution in [-0.2, 0) is 14.8 Å². The van der Waals surface area contributed by atoms with E-state index in [9.17, 15) is 13.2 Å². The summed E-state index contributed by atoms with van der Waals surface area (Å²) in [5, 5.41) is 17.5. The lowest BCUT2D eigenvalue weighted by molar-refractivity contribution is -0.139. The number of rotatable bonds is 6. The van der Waals surface area contributed by atoms with Crippen molar-refractivity contribution in [1.82, 2.24) is 4.72 Å². The van der Waals surface area contributed by atoms with Crippen LogP contribution < -0.4 is 9.46 Å². The van der Waals surface area contributed by atoms with Crippen LogP contribution in [0.4, 0.5) is 0 Å². The molecule has 9 heteroatoms. The summed E-state index contributed by atoms with van der Waals surface area (Å²) in [6, 6.07) is 2.37. The van der Waals surface area contributed by atoms with Gasteiger partial charge in [-0.3, -0.25) is 4.79 Å². The Kier molecular flexibility index (Phi) is 5.29. The summed E-state index contributed by atoms with van der Waals surface area (Å²) in [4.78, 5) is 10.6. The monoisotopic (exact) mass is 353 g/mol. The maximum atomic E-state index is 11.9. The van der Waals surface area contributed by atoms with Gasteiger partial charge in [0.1, 0.15) is 11.8 Å². The van der Waals surface area contributed by atoms with Crippen molar-refractivity contribution in [2.75, 3.05) is 13.7 Å². The van der Waals surface area contributed by atoms with E-state index in [2.05, 4.69) is 15.9 Å². The maximum absolute atomic E-state index is 11.9. The highest BCUT2D eigenvalue weighted by atomic mass is 79.9. The highest BCUT2D eigenvalue weighted by molar-refractivity contribution is 9.10. The van der Waals surface area contributed by atoms with Crippen molar-refractivity contribution >= 4 is 31.9 Å². The molecule has 0 spiro atoms. The fourth-order valence-electron chi connectivity index (χ4n) is 1.24. The van der Waals surface area contributed by atoms with Crippen LogP contribution >= 0.6 is 15.9 Å². The van der Waals surface area contributed by atoms with Gasteiger partial charge in [-0.15, -0.1) is 0 Å². The number of carboxylic acid groups (broad SMARTS) is 1. The van der Waals surface area contributed by atoms with E-state index < -0.39 is 28.6 Å². The molecule has 0 aliphatic carbocycles. The third kappa shape index (κ3) is 3.90. The summed E-state index contributed by atoms with van der Waals surface area (Å²) >= 11 is 3.13. The van der Waals surface area contributed by atoms with Gasteiger partial charge in [0.15, 0.2) is 0 Å². The van der Waals surface area contributed by atoms with Crippen LogP contribution in [0.15, 0.2) is 27.6 Å². The summed E-state index contributed by atoms with van der Waals surface area (Å²) < 4.78 is 31.1. The van der Waals surface area contributed by atoms with Crippen molar-refractivity contribution in [1.29, 1.82) is 0 Å². The zero-order valence-corrected chi connectivity index (χ0v) is 12.2. The first kappa shape index (κ1) is 15.9. The van der Waals surface area contributed by atoms with Gasteiger partial charge in [0, 0.05) is 0 Å². The lowest BCUT2D eigenvalue weighted by Gasteiger charge is -2.13. The van der Waals surface area contributed by atoms with E-state index >= 15 is 0 Å². The number of sulfonamides is 1. The molecule has 0 radical (unpaired) electrons. The molecule has 1 aromatic rings. The summed E-state index contributed by atoms with van der Waals surface area (Å²) in [6.45, 7) is -0.841. The molecule has 0 amide bonds. The number of methoxy groups -OCH3 is 1. The third-order valence-corrected chi connectivity index (χ3v) is 4.30. The molecule has 0 heterocycles. The molecule has 1 atom stereocenters. The Morgan fingerprint density at radius 1 is 1.53 bits per heavy atom. The molecule has 0 aliphatic rings. The van der Waals surface area contributed by atoms with E-state index in [4.69, 9.17) is 14.9 Å². The van der Waals surface area contributed by atoms with Gasteiger partial charge in [0.2, 0.25) is 10.0 Å². The van der Waals surface area contributed by atoms with Crippen molar-refractivity contribution in [3.05, 3.63) is 22.7 Å². The standard InChI is InChI=1S/C10H12BrNO6S/c1-18-9-3-2-6(4-7(9)11)19(16,17)12-8(5-13)10(14)15/h2-4,8,12-13H,5H2,1H3,(H,14,15). The predicted octanol–water partition coefficient (Wildman–Crippen LogP) is 0.182. The fourth-order valence-corrected chi connectivity index (χ4v) is 3.13. The van der Waals surface area contributed by atoms with Gasteiger partial charge in [0.25, 0.3) is 0 Å². The quantitative estimate of drug-likeness (QED) is 0.672. The molecular weight excluding hydrogens is 342 g/mol. The second-order valence-electron chi connectivity index (χ2n) is 3.49. The van der Waals surface area contributed by atoms with Gasteiger partial charge in [-0.2, -0.15) is 4.72 Å². The number of hydrogen-bond donors (Lipinski definition) is 3. The number of ether oxygens (including phenoxy) is 1. The Labute approximate surface area is 118 Å². The lowest BCUT2D eigenvalue weighted by atomic mass is 10.3. The highest BCUT2D eigenvalue weighted by Gasteiger charge is 2.25. The third-order valence-electron chi connectivity index (χ3n) is 2.21. The van der Waals surface area contributed by atoms with E-state index in [0.717, 1.165) is 0 Å².